The van der Waals surface area contributed by atoms with Gasteiger partial charge in [-0.1, -0.05) is 61.5 Å². The molecule has 6 nitrogen and oxygen atoms in total. The third-order valence-corrected chi connectivity index (χ3v) is 8.30. The standard InChI is InChI=1S/C29H32N3O3P/c1-3-16-36(33,35-4-2)21-24-12-8-14-26(17-24)32-29-19-28(30-22-31-29)25-13-9-15-27(18-25)34-20-23-10-6-5-7-11-23/h5-15,17-19,22H,3-4,16,20-21H2,1-2H3,(H,30,31,32). The van der Waals surface area contributed by atoms with Gasteiger partial charge in [0, 0.05) is 29.6 Å². The van der Waals surface area contributed by atoms with Crippen LogP contribution < -0.4 is 10.1 Å². The van der Waals surface area contributed by atoms with Crippen LogP contribution in [-0.2, 0) is 21.9 Å². The van der Waals surface area contributed by atoms with Gasteiger partial charge in [0.15, 0.2) is 0 Å². The third kappa shape index (κ3) is 7.27. The van der Waals surface area contributed by atoms with Gasteiger partial charge in [-0.3, -0.25) is 4.57 Å². The first-order valence-corrected chi connectivity index (χ1v) is 14.2. The molecule has 0 bridgehead atoms. The minimum Gasteiger partial charge on any atom is -0.489 e. The van der Waals surface area contributed by atoms with Gasteiger partial charge < -0.3 is 14.6 Å². The van der Waals surface area contributed by atoms with E-state index in [2.05, 4.69) is 15.3 Å². The molecule has 186 valence electrons. The molecular formula is C29H32N3O3P. The number of aromatic nitrogens is 2. The topological polar surface area (TPSA) is 73.3 Å². The van der Waals surface area contributed by atoms with Crippen molar-refractivity contribution in [2.75, 3.05) is 18.1 Å². The molecule has 1 N–H and O–H groups in total. The Morgan fingerprint density at radius 2 is 1.67 bits per heavy atom. The van der Waals surface area contributed by atoms with Gasteiger partial charge in [-0.05, 0) is 48.7 Å². The van der Waals surface area contributed by atoms with Crippen molar-refractivity contribution in [2.24, 2.45) is 0 Å². The molecule has 0 amide bonds. The average Bonchev–Trinajstić information content (AvgIpc) is 2.89. The van der Waals surface area contributed by atoms with Crippen molar-refractivity contribution in [3.05, 3.63) is 102 Å². The Hall–Kier alpha value is -3.47. The molecule has 36 heavy (non-hydrogen) atoms. The van der Waals surface area contributed by atoms with E-state index in [0.717, 1.165) is 40.2 Å². The maximum absolute atomic E-state index is 13.1. The smallest absolute Gasteiger partial charge is 0.207 e. The lowest BCUT2D eigenvalue weighted by atomic mass is 10.1. The van der Waals surface area contributed by atoms with E-state index in [1.54, 1.807) is 6.33 Å². The number of nitrogens with one attached hydrogen (secondary N) is 1. The predicted octanol–water partition coefficient (Wildman–Crippen LogP) is 7.69. The fourth-order valence-electron chi connectivity index (χ4n) is 4.01. The van der Waals surface area contributed by atoms with Crippen LogP contribution in [0.5, 0.6) is 5.75 Å². The van der Waals surface area contributed by atoms with Gasteiger partial charge in [-0.25, -0.2) is 9.97 Å². The van der Waals surface area contributed by atoms with Crippen molar-refractivity contribution in [3.8, 4) is 17.0 Å². The molecular weight excluding hydrogens is 469 g/mol. The van der Waals surface area contributed by atoms with Crippen LogP contribution in [0.4, 0.5) is 11.5 Å². The third-order valence-electron chi connectivity index (χ3n) is 5.60. The summed E-state index contributed by atoms with van der Waals surface area (Å²) in [4.78, 5) is 8.85. The van der Waals surface area contributed by atoms with Gasteiger partial charge in [0.2, 0.25) is 7.37 Å². The molecule has 0 saturated carbocycles. The predicted molar refractivity (Wildman–Crippen MR) is 146 cm³/mol. The Balaban J connectivity index is 1.46. The first-order chi connectivity index (χ1) is 17.6. The second kappa shape index (κ2) is 12.5. The minimum absolute atomic E-state index is 0.426. The molecule has 0 aliphatic carbocycles. The molecule has 4 rings (SSSR count). The molecule has 3 aromatic carbocycles. The second-order valence-electron chi connectivity index (χ2n) is 8.53. The summed E-state index contributed by atoms with van der Waals surface area (Å²) in [5, 5.41) is 3.35. The van der Waals surface area contributed by atoms with Crippen LogP contribution in [0.3, 0.4) is 0 Å². The zero-order valence-electron chi connectivity index (χ0n) is 20.8. The molecule has 7 heteroatoms. The van der Waals surface area contributed by atoms with E-state index in [9.17, 15) is 4.57 Å². The van der Waals surface area contributed by atoms with Crippen LogP contribution in [-0.4, -0.2) is 22.7 Å². The zero-order valence-corrected chi connectivity index (χ0v) is 21.7. The Labute approximate surface area is 213 Å². The van der Waals surface area contributed by atoms with Crippen LogP contribution in [0, 0.1) is 0 Å². The van der Waals surface area contributed by atoms with Crippen LogP contribution >= 0.6 is 7.37 Å². The van der Waals surface area contributed by atoms with Crippen LogP contribution in [0.25, 0.3) is 11.3 Å². The van der Waals surface area contributed by atoms with E-state index < -0.39 is 7.37 Å². The summed E-state index contributed by atoms with van der Waals surface area (Å²) in [6.07, 6.45) is 3.39. The first kappa shape index (κ1) is 25.6. The van der Waals surface area contributed by atoms with Crippen molar-refractivity contribution in [1.29, 1.82) is 0 Å². The largest absolute Gasteiger partial charge is 0.489 e. The molecule has 0 fully saturated rings. The minimum atomic E-state index is -2.69. The number of hydrogen-bond acceptors (Lipinski definition) is 6. The number of hydrogen-bond donors (Lipinski definition) is 1. The van der Waals surface area contributed by atoms with Gasteiger partial charge in [0.25, 0.3) is 0 Å². The Kier molecular flexibility index (Phi) is 8.88. The van der Waals surface area contributed by atoms with E-state index in [1.807, 2.05) is 98.8 Å². The molecule has 1 heterocycles. The number of nitrogens with zero attached hydrogens (tertiary/aromatic N) is 2. The molecule has 1 atom stereocenters. The highest BCUT2D eigenvalue weighted by Crippen LogP contribution is 2.50. The van der Waals surface area contributed by atoms with E-state index in [-0.39, 0.29) is 0 Å². The second-order valence-corrected chi connectivity index (χ2v) is 11.2. The normalized spacial score (nSPS) is 12.6. The molecule has 0 saturated heterocycles. The lowest BCUT2D eigenvalue weighted by molar-refractivity contribution is 0.306. The molecule has 0 aliphatic heterocycles. The fourth-order valence-corrected chi connectivity index (χ4v) is 6.29. The van der Waals surface area contributed by atoms with Crippen molar-refractivity contribution in [3.63, 3.8) is 0 Å². The van der Waals surface area contributed by atoms with E-state index in [1.165, 1.54) is 0 Å². The molecule has 0 radical (unpaired) electrons. The van der Waals surface area contributed by atoms with Gasteiger partial charge in [0.05, 0.1) is 12.3 Å². The van der Waals surface area contributed by atoms with Crippen LogP contribution in [0.2, 0.25) is 0 Å². The highest BCUT2D eigenvalue weighted by atomic mass is 31.2. The van der Waals surface area contributed by atoms with Crippen molar-refractivity contribution < 1.29 is 13.8 Å². The Morgan fingerprint density at radius 3 is 2.47 bits per heavy atom. The van der Waals surface area contributed by atoms with Crippen LogP contribution in [0.1, 0.15) is 31.4 Å². The van der Waals surface area contributed by atoms with Crippen LogP contribution in [0.15, 0.2) is 91.3 Å². The van der Waals surface area contributed by atoms with Crippen molar-refractivity contribution in [2.45, 2.75) is 33.0 Å². The Morgan fingerprint density at radius 1 is 0.861 bits per heavy atom. The van der Waals surface area contributed by atoms with Gasteiger partial charge in [-0.2, -0.15) is 0 Å². The maximum Gasteiger partial charge on any atom is 0.207 e. The van der Waals surface area contributed by atoms with E-state index in [0.29, 0.717) is 31.4 Å². The summed E-state index contributed by atoms with van der Waals surface area (Å²) in [6, 6.07) is 27.8. The molecule has 1 aromatic heterocycles. The van der Waals surface area contributed by atoms with Crippen molar-refractivity contribution in [1.82, 2.24) is 9.97 Å². The molecule has 4 aromatic rings. The maximum atomic E-state index is 13.1. The SMILES string of the molecule is CCCP(=O)(Cc1cccc(Nc2cc(-c3cccc(OCc4ccccc4)c3)ncn2)c1)OCC. The quantitative estimate of drug-likeness (QED) is 0.201. The number of rotatable bonds is 12. The summed E-state index contributed by atoms with van der Waals surface area (Å²) in [5.74, 6) is 1.46. The monoisotopic (exact) mass is 501 g/mol. The highest BCUT2D eigenvalue weighted by molar-refractivity contribution is 7.58. The van der Waals surface area contributed by atoms with Gasteiger partial charge in [0.1, 0.15) is 24.5 Å². The summed E-state index contributed by atoms with van der Waals surface area (Å²) in [7, 11) is -2.69. The fraction of sp³-hybridized carbons (Fsp3) is 0.241. The summed E-state index contributed by atoms with van der Waals surface area (Å²) in [6.45, 7) is 4.88. The first-order valence-electron chi connectivity index (χ1n) is 12.2. The summed E-state index contributed by atoms with van der Waals surface area (Å²) < 4.78 is 24.8. The molecule has 1 unspecified atom stereocenters. The number of ether oxygens (including phenoxy) is 1. The average molecular weight is 502 g/mol. The highest BCUT2D eigenvalue weighted by Gasteiger charge is 2.22. The number of benzene rings is 3. The number of anilines is 2. The zero-order chi connectivity index (χ0) is 25.2. The summed E-state index contributed by atoms with van der Waals surface area (Å²) >= 11 is 0. The molecule has 0 spiro atoms. The van der Waals surface area contributed by atoms with Gasteiger partial charge in [-0.15, -0.1) is 0 Å². The lowest BCUT2D eigenvalue weighted by Crippen LogP contribution is -2.00. The van der Waals surface area contributed by atoms with E-state index in [4.69, 9.17) is 9.26 Å². The summed E-state index contributed by atoms with van der Waals surface area (Å²) in [5.41, 5.74) is 4.69. The Bertz CT molecular complexity index is 1300. The molecule has 0 aliphatic rings. The van der Waals surface area contributed by atoms with Gasteiger partial charge >= 0.3 is 0 Å². The lowest BCUT2D eigenvalue weighted by Gasteiger charge is -2.17. The van der Waals surface area contributed by atoms with E-state index >= 15 is 0 Å². The van der Waals surface area contributed by atoms with Crippen molar-refractivity contribution >= 4 is 18.9 Å².